The Morgan fingerprint density at radius 3 is 2.02 bits per heavy atom. The van der Waals surface area contributed by atoms with Crippen molar-refractivity contribution in [3.63, 3.8) is 0 Å². The van der Waals surface area contributed by atoms with Gasteiger partial charge in [0.25, 0.3) is 21.9 Å². The van der Waals surface area contributed by atoms with Crippen molar-refractivity contribution in [2.75, 3.05) is 37.6 Å². The summed E-state index contributed by atoms with van der Waals surface area (Å²) in [5.41, 5.74) is 3.46. The minimum absolute atomic E-state index is 0.0218. The number of imide groups is 1. The van der Waals surface area contributed by atoms with Crippen LogP contribution in [0.3, 0.4) is 0 Å². The van der Waals surface area contributed by atoms with Gasteiger partial charge in [-0.25, -0.2) is 13.2 Å². The van der Waals surface area contributed by atoms with Crippen molar-refractivity contribution in [3.05, 3.63) is 71.5 Å². The Labute approximate surface area is 337 Å². The maximum atomic E-state index is 12.3. The molecule has 0 spiro atoms. The van der Waals surface area contributed by atoms with Gasteiger partial charge in [-0.05, 0) is 95.2 Å². The Bertz CT molecular complexity index is 2170. The van der Waals surface area contributed by atoms with Crippen molar-refractivity contribution in [3.8, 4) is 0 Å². The van der Waals surface area contributed by atoms with E-state index in [4.69, 9.17) is 4.84 Å². The molecule has 1 saturated heterocycles. The van der Waals surface area contributed by atoms with Crippen molar-refractivity contribution in [1.82, 2.24) is 9.96 Å². The van der Waals surface area contributed by atoms with E-state index in [2.05, 4.69) is 35.1 Å². The molecule has 0 atom stereocenters. The van der Waals surface area contributed by atoms with Crippen molar-refractivity contribution in [2.24, 2.45) is 0 Å². The predicted octanol–water partition coefficient (Wildman–Crippen LogP) is 5.99. The zero-order valence-electron chi connectivity index (χ0n) is 34.2. The molecule has 0 unspecified atom stereocenters. The van der Waals surface area contributed by atoms with E-state index in [0.29, 0.717) is 43.0 Å². The van der Waals surface area contributed by atoms with Crippen molar-refractivity contribution in [2.45, 2.75) is 115 Å². The van der Waals surface area contributed by atoms with Crippen LogP contribution in [0, 0.1) is 0 Å². The van der Waals surface area contributed by atoms with E-state index in [-0.39, 0.29) is 29.1 Å². The smallest absolute Gasteiger partial charge is 0.333 e. The van der Waals surface area contributed by atoms with Crippen LogP contribution in [0.15, 0.2) is 70.1 Å². The highest BCUT2D eigenvalue weighted by Crippen LogP contribution is 2.48. The van der Waals surface area contributed by atoms with Crippen molar-refractivity contribution in [1.29, 1.82) is 0 Å². The molecule has 57 heavy (non-hydrogen) atoms. The number of fused-ring (bicyclic) bond motifs is 2. The van der Waals surface area contributed by atoms with Crippen LogP contribution >= 0.6 is 0 Å². The van der Waals surface area contributed by atoms with E-state index in [9.17, 15) is 40.3 Å². The quantitative estimate of drug-likeness (QED) is 0.0960. The molecule has 0 radical (unpaired) electrons. The van der Waals surface area contributed by atoms with Gasteiger partial charge in [0, 0.05) is 66.7 Å². The molecule has 14 nitrogen and oxygen atoms in total. The highest BCUT2D eigenvalue weighted by molar-refractivity contribution is 7.86. The van der Waals surface area contributed by atoms with Crippen LogP contribution in [0.4, 0.5) is 11.4 Å². The number of hydroxylamine groups is 2. The van der Waals surface area contributed by atoms with Gasteiger partial charge in [-0.1, -0.05) is 40.7 Å². The van der Waals surface area contributed by atoms with Crippen LogP contribution in [0.2, 0.25) is 0 Å². The van der Waals surface area contributed by atoms with E-state index in [1.165, 1.54) is 43.9 Å². The van der Waals surface area contributed by atoms with Crippen molar-refractivity contribution < 1.29 is 49.7 Å². The number of likely N-dealkylation sites (N-methyl/N-ethyl adjacent to an activating group) is 1. The largest absolute Gasteiger partial charge is 0.744 e. The van der Waals surface area contributed by atoms with E-state index in [0.717, 1.165) is 28.3 Å². The summed E-state index contributed by atoms with van der Waals surface area (Å²) >= 11 is 0. The Morgan fingerprint density at radius 1 is 0.877 bits per heavy atom. The van der Waals surface area contributed by atoms with Crippen LogP contribution in [0.1, 0.15) is 105 Å². The number of allylic oxidation sites excluding steroid dienone is 4. The number of amides is 2. The summed E-state index contributed by atoms with van der Waals surface area (Å²) in [6.07, 6.45) is 7.57. The summed E-state index contributed by atoms with van der Waals surface area (Å²) in [4.78, 5) is 44.6. The number of nitrogens with zero attached hydrogens (tertiary/aromatic N) is 4. The van der Waals surface area contributed by atoms with Gasteiger partial charge in [-0.15, -0.1) is 5.06 Å². The lowest BCUT2D eigenvalue weighted by Crippen LogP contribution is -2.31. The van der Waals surface area contributed by atoms with Crippen molar-refractivity contribution >= 4 is 55.1 Å². The van der Waals surface area contributed by atoms with Crippen LogP contribution in [0.5, 0.6) is 0 Å². The third-order valence-corrected chi connectivity index (χ3v) is 12.6. The average molecular weight is 829 g/mol. The molecular formula is C41H56N4O10S2. The van der Waals surface area contributed by atoms with Gasteiger partial charge in [0.15, 0.2) is 5.71 Å². The third kappa shape index (κ3) is 10.1. The topological polar surface area (TPSA) is 185 Å². The first-order valence-electron chi connectivity index (χ1n) is 19.5. The van der Waals surface area contributed by atoms with Gasteiger partial charge < -0.3 is 19.2 Å². The highest BCUT2D eigenvalue weighted by Gasteiger charge is 2.45. The minimum atomic E-state index is -4.64. The van der Waals surface area contributed by atoms with Gasteiger partial charge in [-0.3, -0.25) is 14.1 Å². The molecule has 0 aliphatic carbocycles. The predicted molar refractivity (Wildman–Crippen MR) is 216 cm³/mol. The summed E-state index contributed by atoms with van der Waals surface area (Å²) in [5.74, 6) is -1.73. The van der Waals surface area contributed by atoms with E-state index in [1.54, 1.807) is 12.1 Å². The lowest BCUT2D eigenvalue weighted by atomic mass is 9.81. The molecule has 3 aliphatic rings. The molecule has 3 aliphatic heterocycles. The Kier molecular flexibility index (Phi) is 14.5. The van der Waals surface area contributed by atoms with Crippen LogP contribution in [-0.2, 0) is 50.3 Å². The van der Waals surface area contributed by atoms with E-state index in [1.807, 2.05) is 52.8 Å². The highest BCUT2D eigenvalue weighted by atomic mass is 32.2. The monoisotopic (exact) mass is 828 g/mol. The summed E-state index contributed by atoms with van der Waals surface area (Å²) in [6, 6.07) is 8.92. The Hall–Kier alpha value is -4.22. The molecule has 2 aromatic carbocycles. The minimum Gasteiger partial charge on any atom is -0.744 e. The fraction of sp³-hybridized carbons (Fsp3) is 0.512. The normalized spacial score (nSPS) is 18.1. The summed E-state index contributed by atoms with van der Waals surface area (Å²) < 4.78 is 71.3. The van der Waals surface area contributed by atoms with Gasteiger partial charge in [-0.2, -0.15) is 13.0 Å². The fourth-order valence-electron chi connectivity index (χ4n) is 7.63. The third-order valence-electron chi connectivity index (χ3n) is 10.9. The summed E-state index contributed by atoms with van der Waals surface area (Å²) in [7, 11) is -9.09. The number of hydrogen-bond donors (Lipinski definition) is 1. The number of carbonyl (C=O) groups excluding carboxylic acids is 3. The molecule has 0 saturated carbocycles. The average Bonchev–Trinajstić information content (AvgIpc) is 3.66. The molecule has 1 N–H and O–H groups in total. The van der Waals surface area contributed by atoms with E-state index < -0.39 is 48.8 Å². The Balaban J connectivity index is 0.000000940. The standard InChI is InChI=1S/C35H41N3O10S2.C6H15N/c1-6-36-27-16-14-23(49(42,43)44)21-25(27)34(2,3)29(36)11-10-12-30-35(4,5)26-22-24(50(45,46)47)15-17-28(26)37(30)20-9-7-8-13-33(41)48-38-31(39)18-19-32(38)40;1-4-7(5-2)6-3/h10-12,14-17,21-22H,6-9,13,18-20H2,1-5H3,(H-,42,43,44,45,46,47);4-6H2,1-3H3. The maximum Gasteiger partial charge on any atom is 0.333 e. The fourth-order valence-corrected chi connectivity index (χ4v) is 8.63. The lowest BCUT2D eigenvalue weighted by molar-refractivity contribution is -0.438. The van der Waals surface area contributed by atoms with E-state index >= 15 is 0 Å². The lowest BCUT2D eigenvalue weighted by Gasteiger charge is -2.25. The summed E-state index contributed by atoms with van der Waals surface area (Å²) in [6.45, 7) is 21.1. The number of rotatable bonds is 15. The second-order valence-electron chi connectivity index (χ2n) is 15.2. The number of hydrogen-bond acceptors (Lipinski definition) is 11. The number of unbranched alkanes of at least 4 members (excludes halogenated alkanes) is 2. The van der Waals surface area contributed by atoms with Crippen LogP contribution < -0.4 is 4.90 Å². The first-order valence-corrected chi connectivity index (χ1v) is 22.3. The van der Waals surface area contributed by atoms with Crippen LogP contribution in [0.25, 0.3) is 0 Å². The molecule has 312 valence electrons. The molecule has 2 amide bonds. The number of anilines is 1. The zero-order chi connectivity index (χ0) is 42.5. The number of carbonyl (C=O) groups is 3. The molecule has 16 heteroatoms. The second-order valence-corrected chi connectivity index (χ2v) is 18.0. The molecule has 5 rings (SSSR count). The van der Waals surface area contributed by atoms with Gasteiger partial charge in [0.2, 0.25) is 5.69 Å². The SMILES string of the molecule is CCN(CC)CC.CCN1/C(=C\C=C\C2=[N+](CCCCCC(=O)ON3C(=O)CCC3=O)c3ccc(S(=O)(=O)O)cc3C2(C)C)C(C)(C)c2cc(S(=O)(=O)[O-])ccc21. The molecule has 3 heterocycles. The van der Waals surface area contributed by atoms with Crippen LogP contribution in [-0.4, -0.2) is 96.7 Å². The first-order chi connectivity index (χ1) is 26.6. The molecule has 0 bridgehead atoms. The molecule has 1 fully saturated rings. The summed E-state index contributed by atoms with van der Waals surface area (Å²) in [5, 5.41) is 0.536. The zero-order valence-corrected chi connectivity index (χ0v) is 35.8. The Morgan fingerprint density at radius 2 is 1.47 bits per heavy atom. The number of benzene rings is 2. The maximum absolute atomic E-state index is 12.3. The van der Waals surface area contributed by atoms with Gasteiger partial charge >= 0.3 is 5.97 Å². The van der Waals surface area contributed by atoms with Gasteiger partial charge in [0.1, 0.15) is 16.7 Å². The second kappa shape index (κ2) is 18.1. The first kappa shape index (κ1) is 45.5. The van der Waals surface area contributed by atoms with Gasteiger partial charge in [0.05, 0.1) is 15.2 Å². The molecule has 2 aromatic rings. The molecule has 0 aromatic heterocycles. The molecular weight excluding hydrogens is 773 g/mol.